The van der Waals surface area contributed by atoms with Gasteiger partial charge in [-0.05, 0) is 30.7 Å². The molecule has 0 bridgehead atoms. The smallest absolute Gasteiger partial charge is 0.404 e. The maximum absolute atomic E-state index is 10.2. The highest BCUT2D eigenvalue weighted by molar-refractivity contribution is 5.64. The first-order valence-corrected chi connectivity index (χ1v) is 4.81. The third kappa shape index (κ3) is 5.64. The molecule has 5 nitrogen and oxygen atoms in total. The second-order valence-corrected chi connectivity index (χ2v) is 3.02. The lowest BCUT2D eigenvalue weighted by Gasteiger charge is -2.04. The first-order chi connectivity index (χ1) is 7.29. The highest BCUT2D eigenvalue weighted by atomic mass is 16.5. The SMILES string of the molecule is NC(=O)OCCNCCc1ccncc1. The largest absolute Gasteiger partial charge is 0.448 e. The van der Waals surface area contributed by atoms with Gasteiger partial charge in [-0.1, -0.05) is 0 Å². The van der Waals surface area contributed by atoms with E-state index in [-0.39, 0.29) is 0 Å². The van der Waals surface area contributed by atoms with Gasteiger partial charge in [0.15, 0.2) is 0 Å². The third-order valence-electron chi connectivity index (χ3n) is 1.86. The predicted octanol–water partition coefficient (Wildman–Crippen LogP) is 0.309. The summed E-state index contributed by atoms with van der Waals surface area (Å²) in [6, 6.07) is 3.95. The summed E-state index contributed by atoms with van der Waals surface area (Å²) in [5, 5.41) is 3.14. The number of carbonyl (C=O) groups excluding carboxylic acids is 1. The Morgan fingerprint density at radius 3 is 2.80 bits per heavy atom. The van der Waals surface area contributed by atoms with Gasteiger partial charge in [0.1, 0.15) is 6.61 Å². The normalized spacial score (nSPS) is 9.87. The summed E-state index contributed by atoms with van der Waals surface area (Å²) in [5.74, 6) is 0. The molecule has 15 heavy (non-hydrogen) atoms. The van der Waals surface area contributed by atoms with Crippen molar-refractivity contribution in [3.63, 3.8) is 0 Å². The number of aromatic nitrogens is 1. The summed E-state index contributed by atoms with van der Waals surface area (Å²) >= 11 is 0. The minimum absolute atomic E-state index is 0.311. The van der Waals surface area contributed by atoms with Crippen LogP contribution in [0.4, 0.5) is 4.79 Å². The molecule has 0 fully saturated rings. The first-order valence-electron chi connectivity index (χ1n) is 4.81. The van der Waals surface area contributed by atoms with Gasteiger partial charge in [0, 0.05) is 18.9 Å². The molecule has 1 amide bonds. The molecule has 3 N–H and O–H groups in total. The van der Waals surface area contributed by atoms with Crippen LogP contribution in [0.15, 0.2) is 24.5 Å². The standard InChI is InChI=1S/C10H15N3O2/c11-10(14)15-8-7-13-6-3-9-1-4-12-5-2-9/h1-2,4-5,13H,3,6-8H2,(H2,11,14). The average molecular weight is 209 g/mol. The zero-order chi connectivity index (χ0) is 10.9. The van der Waals surface area contributed by atoms with E-state index in [1.54, 1.807) is 12.4 Å². The lowest BCUT2D eigenvalue weighted by molar-refractivity contribution is 0.157. The van der Waals surface area contributed by atoms with Gasteiger partial charge in [-0.25, -0.2) is 4.79 Å². The number of nitrogens with zero attached hydrogens (tertiary/aromatic N) is 1. The molecule has 0 atom stereocenters. The van der Waals surface area contributed by atoms with Gasteiger partial charge >= 0.3 is 6.09 Å². The number of carbonyl (C=O) groups is 1. The number of nitrogens with two attached hydrogens (primary N) is 1. The van der Waals surface area contributed by atoms with Crippen LogP contribution in [-0.2, 0) is 11.2 Å². The molecule has 0 aliphatic heterocycles. The Balaban J connectivity index is 2.00. The summed E-state index contributed by atoms with van der Waals surface area (Å²) in [6.07, 6.45) is 3.74. The van der Waals surface area contributed by atoms with Gasteiger partial charge in [0.2, 0.25) is 0 Å². The van der Waals surface area contributed by atoms with Crippen molar-refractivity contribution in [1.29, 1.82) is 0 Å². The van der Waals surface area contributed by atoms with Crippen molar-refractivity contribution in [2.75, 3.05) is 19.7 Å². The number of rotatable bonds is 6. The zero-order valence-electron chi connectivity index (χ0n) is 8.48. The molecule has 82 valence electrons. The minimum Gasteiger partial charge on any atom is -0.448 e. The number of hydrogen-bond acceptors (Lipinski definition) is 4. The van der Waals surface area contributed by atoms with Gasteiger partial charge in [0.25, 0.3) is 0 Å². The number of primary amides is 1. The summed E-state index contributed by atoms with van der Waals surface area (Å²) in [5.41, 5.74) is 6.03. The molecule has 0 radical (unpaired) electrons. The molecule has 0 saturated heterocycles. The van der Waals surface area contributed by atoms with Crippen LogP contribution in [0.25, 0.3) is 0 Å². The molecule has 1 rings (SSSR count). The van der Waals surface area contributed by atoms with Crippen LogP contribution in [-0.4, -0.2) is 30.8 Å². The number of pyridine rings is 1. The molecular weight excluding hydrogens is 194 g/mol. The lowest BCUT2D eigenvalue weighted by Crippen LogP contribution is -2.25. The van der Waals surface area contributed by atoms with Crippen molar-refractivity contribution in [3.8, 4) is 0 Å². The fourth-order valence-corrected chi connectivity index (χ4v) is 1.13. The molecule has 0 saturated carbocycles. The van der Waals surface area contributed by atoms with Crippen molar-refractivity contribution < 1.29 is 9.53 Å². The number of ether oxygens (including phenoxy) is 1. The van der Waals surface area contributed by atoms with Crippen LogP contribution in [0.1, 0.15) is 5.56 Å². The molecule has 0 aliphatic rings. The number of hydrogen-bond donors (Lipinski definition) is 2. The fraction of sp³-hybridized carbons (Fsp3) is 0.400. The Bertz CT molecular complexity index is 290. The summed E-state index contributed by atoms with van der Waals surface area (Å²) < 4.78 is 4.56. The van der Waals surface area contributed by atoms with Crippen molar-refractivity contribution in [3.05, 3.63) is 30.1 Å². The first kappa shape index (κ1) is 11.5. The molecule has 5 heteroatoms. The summed E-state index contributed by atoms with van der Waals surface area (Å²) in [4.78, 5) is 14.1. The van der Waals surface area contributed by atoms with E-state index in [1.165, 1.54) is 5.56 Å². The van der Waals surface area contributed by atoms with Gasteiger partial charge < -0.3 is 15.8 Å². The highest BCUT2D eigenvalue weighted by Gasteiger charge is 1.93. The maximum Gasteiger partial charge on any atom is 0.404 e. The van der Waals surface area contributed by atoms with E-state index in [4.69, 9.17) is 5.73 Å². The number of nitrogens with one attached hydrogen (secondary N) is 1. The van der Waals surface area contributed by atoms with E-state index < -0.39 is 6.09 Å². The van der Waals surface area contributed by atoms with Gasteiger partial charge in [0.05, 0.1) is 0 Å². The average Bonchev–Trinajstić information content (AvgIpc) is 2.24. The van der Waals surface area contributed by atoms with E-state index in [9.17, 15) is 4.79 Å². The van der Waals surface area contributed by atoms with E-state index >= 15 is 0 Å². The van der Waals surface area contributed by atoms with Crippen LogP contribution >= 0.6 is 0 Å². The maximum atomic E-state index is 10.2. The molecule has 1 heterocycles. The lowest BCUT2D eigenvalue weighted by atomic mass is 10.2. The molecule has 0 spiro atoms. The van der Waals surface area contributed by atoms with E-state index in [2.05, 4.69) is 15.0 Å². The second-order valence-electron chi connectivity index (χ2n) is 3.02. The summed E-state index contributed by atoms with van der Waals surface area (Å²) in [6.45, 7) is 1.77. The number of amides is 1. The van der Waals surface area contributed by atoms with Crippen molar-refractivity contribution in [1.82, 2.24) is 10.3 Å². The van der Waals surface area contributed by atoms with Crippen molar-refractivity contribution >= 4 is 6.09 Å². The van der Waals surface area contributed by atoms with Crippen LogP contribution in [0, 0.1) is 0 Å². The van der Waals surface area contributed by atoms with E-state index in [0.29, 0.717) is 13.2 Å². The van der Waals surface area contributed by atoms with Crippen LogP contribution < -0.4 is 11.1 Å². The Kier molecular flexibility index (Phi) is 5.18. The zero-order valence-corrected chi connectivity index (χ0v) is 8.48. The molecule has 0 unspecified atom stereocenters. The van der Waals surface area contributed by atoms with E-state index in [0.717, 1.165) is 13.0 Å². The molecular formula is C10H15N3O2. The Morgan fingerprint density at radius 2 is 2.13 bits per heavy atom. The monoisotopic (exact) mass is 209 g/mol. The second kappa shape index (κ2) is 6.78. The van der Waals surface area contributed by atoms with E-state index in [1.807, 2.05) is 12.1 Å². The van der Waals surface area contributed by atoms with Crippen molar-refractivity contribution in [2.45, 2.75) is 6.42 Å². The Labute approximate surface area is 88.6 Å². The van der Waals surface area contributed by atoms with Gasteiger partial charge in [-0.2, -0.15) is 0 Å². The van der Waals surface area contributed by atoms with Gasteiger partial charge in [-0.15, -0.1) is 0 Å². The Hall–Kier alpha value is -1.62. The molecule has 1 aromatic rings. The van der Waals surface area contributed by atoms with Crippen LogP contribution in [0.3, 0.4) is 0 Å². The topological polar surface area (TPSA) is 77.2 Å². The van der Waals surface area contributed by atoms with Crippen LogP contribution in [0.5, 0.6) is 0 Å². The molecule has 0 aromatic carbocycles. The van der Waals surface area contributed by atoms with Crippen LogP contribution in [0.2, 0.25) is 0 Å². The molecule has 1 aromatic heterocycles. The fourth-order valence-electron chi connectivity index (χ4n) is 1.13. The quantitative estimate of drug-likeness (QED) is 0.661. The summed E-state index contributed by atoms with van der Waals surface area (Å²) in [7, 11) is 0. The van der Waals surface area contributed by atoms with Crippen molar-refractivity contribution in [2.24, 2.45) is 5.73 Å². The third-order valence-corrected chi connectivity index (χ3v) is 1.86. The highest BCUT2D eigenvalue weighted by Crippen LogP contribution is 1.95. The van der Waals surface area contributed by atoms with Gasteiger partial charge in [-0.3, -0.25) is 4.98 Å². The Morgan fingerprint density at radius 1 is 1.40 bits per heavy atom. The minimum atomic E-state index is -0.731. The molecule has 0 aliphatic carbocycles. The predicted molar refractivity (Wildman–Crippen MR) is 56.3 cm³/mol.